The number of hydrogen-bond acceptors (Lipinski definition) is 6. The third-order valence-electron chi connectivity index (χ3n) is 3.68. The van der Waals surface area contributed by atoms with E-state index in [-0.39, 0.29) is 11.8 Å². The molecule has 1 N–H and O–H groups in total. The van der Waals surface area contributed by atoms with E-state index in [2.05, 4.69) is 20.8 Å². The number of rotatable bonds is 6. The van der Waals surface area contributed by atoms with Crippen LogP contribution in [0.2, 0.25) is 0 Å². The third kappa shape index (κ3) is 3.91. The molecule has 23 heavy (non-hydrogen) atoms. The maximum atomic E-state index is 12.4. The fourth-order valence-corrected chi connectivity index (χ4v) is 2.09. The summed E-state index contributed by atoms with van der Waals surface area (Å²) in [6.07, 6.45) is 2.18. The third-order valence-corrected chi connectivity index (χ3v) is 3.68. The molecule has 0 aliphatic carbocycles. The van der Waals surface area contributed by atoms with Crippen molar-refractivity contribution in [3.63, 3.8) is 0 Å². The number of benzene rings is 1. The second-order valence-corrected chi connectivity index (χ2v) is 5.16. The predicted molar refractivity (Wildman–Crippen MR) is 81.9 cm³/mol. The highest BCUT2D eigenvalue weighted by Crippen LogP contribution is 2.12. The van der Waals surface area contributed by atoms with Gasteiger partial charge in [0.15, 0.2) is 0 Å². The van der Waals surface area contributed by atoms with Crippen LogP contribution in [0.1, 0.15) is 30.6 Å². The van der Waals surface area contributed by atoms with Crippen molar-refractivity contribution in [1.82, 2.24) is 25.5 Å². The zero-order chi connectivity index (χ0) is 16.8. The molecule has 8 heteroatoms. The van der Waals surface area contributed by atoms with Crippen molar-refractivity contribution in [2.75, 3.05) is 7.11 Å². The van der Waals surface area contributed by atoms with Gasteiger partial charge in [-0.2, -0.15) is 0 Å². The van der Waals surface area contributed by atoms with E-state index >= 15 is 0 Å². The molecule has 1 aromatic carbocycles. The average Bonchev–Trinajstić information content (AvgIpc) is 3.12. The Morgan fingerprint density at radius 1 is 1.39 bits per heavy atom. The Labute approximate surface area is 133 Å². The molecule has 0 aliphatic rings. The minimum Gasteiger partial charge on any atom is -0.467 e. The second kappa shape index (κ2) is 7.48. The molecule has 0 saturated carbocycles. The Hall–Kier alpha value is -2.77. The van der Waals surface area contributed by atoms with Crippen LogP contribution in [0, 0.1) is 5.92 Å². The van der Waals surface area contributed by atoms with Gasteiger partial charge in [0.05, 0.1) is 12.8 Å². The number of methoxy groups -OCH3 is 1. The van der Waals surface area contributed by atoms with E-state index in [4.69, 9.17) is 4.74 Å². The summed E-state index contributed by atoms with van der Waals surface area (Å²) < 4.78 is 6.22. The molecule has 0 spiro atoms. The molecule has 8 nitrogen and oxygen atoms in total. The minimum absolute atomic E-state index is 0.0332. The van der Waals surface area contributed by atoms with E-state index in [0.717, 1.165) is 6.42 Å². The topological polar surface area (TPSA) is 99.0 Å². The summed E-state index contributed by atoms with van der Waals surface area (Å²) in [6.45, 7) is 3.84. The molecule has 122 valence electrons. The molecule has 0 radical (unpaired) electrons. The van der Waals surface area contributed by atoms with E-state index < -0.39 is 12.0 Å². The van der Waals surface area contributed by atoms with E-state index in [9.17, 15) is 9.59 Å². The number of aromatic nitrogens is 4. The zero-order valence-corrected chi connectivity index (χ0v) is 13.3. The Balaban J connectivity index is 2.19. The summed E-state index contributed by atoms with van der Waals surface area (Å²) in [7, 11) is 1.31. The Bertz CT molecular complexity index is 672. The van der Waals surface area contributed by atoms with Crippen LogP contribution >= 0.6 is 0 Å². The molecule has 0 bridgehead atoms. The number of hydrogen-bond donors (Lipinski definition) is 1. The Morgan fingerprint density at radius 2 is 2.17 bits per heavy atom. The number of tetrazole rings is 1. The molecular weight excluding hydrogens is 298 g/mol. The highest BCUT2D eigenvalue weighted by Gasteiger charge is 2.27. The van der Waals surface area contributed by atoms with Gasteiger partial charge in [0.1, 0.15) is 12.4 Å². The lowest BCUT2D eigenvalue weighted by Crippen LogP contribution is -2.45. The standard InChI is InChI=1S/C15H19N5O3/c1-4-10(2)13(15(22)23-3)17-14(21)11-6-5-7-12(8-11)20-9-16-18-19-20/h5-10,13H,4H2,1-3H3,(H,17,21)/t10-,13+/m0/s1. The molecular formula is C15H19N5O3. The van der Waals surface area contributed by atoms with Crippen molar-refractivity contribution >= 4 is 11.9 Å². The van der Waals surface area contributed by atoms with Gasteiger partial charge in [-0.3, -0.25) is 4.79 Å². The number of carbonyl (C=O) groups excluding carboxylic acids is 2. The molecule has 2 rings (SSSR count). The van der Waals surface area contributed by atoms with Crippen LogP contribution in [0.3, 0.4) is 0 Å². The molecule has 1 amide bonds. The highest BCUT2D eigenvalue weighted by atomic mass is 16.5. The summed E-state index contributed by atoms with van der Waals surface area (Å²) in [5.41, 5.74) is 1.07. The van der Waals surface area contributed by atoms with Crippen molar-refractivity contribution < 1.29 is 14.3 Å². The predicted octanol–water partition coefficient (Wildman–Crippen LogP) is 0.980. The van der Waals surface area contributed by atoms with Gasteiger partial charge in [0.2, 0.25) is 0 Å². The van der Waals surface area contributed by atoms with Gasteiger partial charge < -0.3 is 10.1 Å². The van der Waals surface area contributed by atoms with Gasteiger partial charge in [-0.05, 0) is 34.5 Å². The van der Waals surface area contributed by atoms with Gasteiger partial charge in [-0.15, -0.1) is 5.10 Å². The monoisotopic (exact) mass is 317 g/mol. The van der Waals surface area contributed by atoms with Crippen molar-refractivity contribution in [2.24, 2.45) is 5.92 Å². The van der Waals surface area contributed by atoms with Crippen LogP contribution in [0.4, 0.5) is 0 Å². The number of esters is 1. The van der Waals surface area contributed by atoms with Gasteiger partial charge in [0, 0.05) is 5.56 Å². The fourth-order valence-electron chi connectivity index (χ4n) is 2.09. The average molecular weight is 317 g/mol. The number of nitrogens with zero attached hydrogens (tertiary/aromatic N) is 4. The molecule has 0 unspecified atom stereocenters. The summed E-state index contributed by atoms with van der Waals surface area (Å²) in [6, 6.07) is 6.13. The molecule has 2 aromatic rings. The van der Waals surface area contributed by atoms with Crippen LogP contribution in [-0.2, 0) is 9.53 Å². The van der Waals surface area contributed by atoms with E-state index in [1.54, 1.807) is 24.3 Å². The maximum absolute atomic E-state index is 12.4. The SMILES string of the molecule is CC[C@H](C)[C@@H](NC(=O)c1cccc(-n2cnnn2)c1)C(=O)OC. The van der Waals surface area contributed by atoms with Crippen molar-refractivity contribution in [3.8, 4) is 5.69 Å². The van der Waals surface area contributed by atoms with Gasteiger partial charge in [0.25, 0.3) is 5.91 Å². The molecule has 2 atom stereocenters. The van der Waals surface area contributed by atoms with E-state index in [0.29, 0.717) is 11.3 Å². The number of carbonyl (C=O) groups is 2. The Morgan fingerprint density at radius 3 is 2.78 bits per heavy atom. The van der Waals surface area contributed by atoms with Crippen LogP contribution in [-0.4, -0.2) is 45.2 Å². The second-order valence-electron chi connectivity index (χ2n) is 5.16. The largest absolute Gasteiger partial charge is 0.467 e. The first-order valence-electron chi connectivity index (χ1n) is 7.29. The van der Waals surface area contributed by atoms with E-state index in [1.165, 1.54) is 18.1 Å². The smallest absolute Gasteiger partial charge is 0.328 e. The zero-order valence-electron chi connectivity index (χ0n) is 13.3. The lowest BCUT2D eigenvalue weighted by Gasteiger charge is -2.21. The number of amides is 1. The summed E-state index contributed by atoms with van der Waals surface area (Å²) in [5, 5.41) is 13.6. The maximum Gasteiger partial charge on any atom is 0.328 e. The minimum atomic E-state index is -0.686. The fraction of sp³-hybridized carbons (Fsp3) is 0.400. The van der Waals surface area contributed by atoms with E-state index in [1.807, 2.05) is 13.8 Å². The first kappa shape index (κ1) is 16.6. The Kier molecular flexibility index (Phi) is 5.40. The van der Waals surface area contributed by atoms with Crippen LogP contribution < -0.4 is 5.32 Å². The summed E-state index contributed by atoms with van der Waals surface area (Å²) in [4.78, 5) is 24.3. The molecule has 0 saturated heterocycles. The van der Waals surface area contributed by atoms with Crippen LogP contribution in [0.25, 0.3) is 5.69 Å². The lowest BCUT2D eigenvalue weighted by molar-refractivity contribution is -0.144. The summed E-state index contributed by atoms with van der Waals surface area (Å²) in [5.74, 6) is -0.839. The van der Waals surface area contributed by atoms with Gasteiger partial charge in [-0.25, -0.2) is 9.48 Å². The van der Waals surface area contributed by atoms with Gasteiger partial charge in [-0.1, -0.05) is 26.3 Å². The normalized spacial score (nSPS) is 13.2. The highest BCUT2D eigenvalue weighted by molar-refractivity contribution is 5.97. The first-order valence-corrected chi connectivity index (χ1v) is 7.29. The first-order chi connectivity index (χ1) is 11.1. The quantitative estimate of drug-likeness (QED) is 0.797. The van der Waals surface area contributed by atoms with Crippen molar-refractivity contribution in [3.05, 3.63) is 36.2 Å². The summed E-state index contributed by atoms with van der Waals surface area (Å²) >= 11 is 0. The van der Waals surface area contributed by atoms with Gasteiger partial charge >= 0.3 is 5.97 Å². The van der Waals surface area contributed by atoms with Crippen LogP contribution in [0.5, 0.6) is 0 Å². The number of nitrogens with one attached hydrogen (secondary N) is 1. The molecule has 0 fully saturated rings. The molecule has 0 aliphatic heterocycles. The lowest BCUT2D eigenvalue weighted by atomic mass is 9.99. The molecule has 1 heterocycles. The number of ether oxygens (including phenoxy) is 1. The van der Waals surface area contributed by atoms with Crippen molar-refractivity contribution in [2.45, 2.75) is 26.3 Å². The van der Waals surface area contributed by atoms with Crippen LogP contribution in [0.15, 0.2) is 30.6 Å². The molecule has 1 aromatic heterocycles. The van der Waals surface area contributed by atoms with Crippen molar-refractivity contribution in [1.29, 1.82) is 0 Å².